The zero-order valence-corrected chi connectivity index (χ0v) is 5.43. The molecular weight excluding hydrogens is 161 g/mol. The van der Waals surface area contributed by atoms with Gasteiger partial charge in [-0.2, -0.15) is 0 Å². The van der Waals surface area contributed by atoms with E-state index < -0.39 is 4.59 Å². The Morgan fingerprint density at radius 2 is 1.86 bits per heavy atom. The first kappa shape index (κ1) is 7.54. The Morgan fingerprint density at radius 3 is 1.86 bits per heavy atom. The van der Waals surface area contributed by atoms with Crippen molar-refractivity contribution in [2.45, 2.75) is 4.59 Å². The minimum atomic E-state index is -2.32. The van der Waals surface area contributed by atoms with Crippen LogP contribution in [0, 0.1) is 0 Å². The summed E-state index contributed by atoms with van der Waals surface area (Å²) < 4.78 is 9.43. The summed E-state index contributed by atoms with van der Waals surface area (Å²) in [6.07, 6.45) is 0.817. The maximum Gasteiger partial charge on any atom is 0.277 e. The monoisotopic (exact) mass is 162 g/mol. The highest BCUT2D eigenvalue weighted by molar-refractivity contribution is 6.48. The summed E-state index contributed by atoms with van der Waals surface area (Å²) in [4.78, 5) is 0. The van der Waals surface area contributed by atoms with Gasteiger partial charge in [0.25, 0.3) is 4.59 Å². The second kappa shape index (κ2) is 2.75. The number of hydrogen-bond donors (Lipinski definition) is 0. The van der Waals surface area contributed by atoms with Gasteiger partial charge in [-0.15, -0.1) is 0 Å². The lowest BCUT2D eigenvalue weighted by Gasteiger charge is -1.96. The van der Waals surface area contributed by atoms with E-state index in [0.717, 1.165) is 11.6 Å². The quantitative estimate of drug-likeness (QED) is 0.522. The Bertz CT molecular complexity index is 72.7. The van der Waals surface area contributed by atoms with Crippen LogP contribution < -0.4 is 0 Å². The average molecular weight is 163 g/mol. The molecule has 0 aromatic carbocycles. The van der Waals surface area contributed by atoms with Gasteiger partial charge < -0.3 is 0 Å². The third-order valence-electron chi connectivity index (χ3n) is 0.252. The lowest BCUT2D eigenvalue weighted by Crippen LogP contribution is -1.94. The van der Waals surface area contributed by atoms with Crippen LogP contribution in [-0.4, -0.2) is 4.59 Å². The van der Waals surface area contributed by atoms with Gasteiger partial charge in [0.15, 0.2) is 0 Å². The zero-order valence-electron chi connectivity index (χ0n) is 3.17. The van der Waals surface area contributed by atoms with E-state index in [1.807, 2.05) is 0 Å². The molecule has 7 heavy (non-hydrogen) atoms. The van der Waals surface area contributed by atoms with Crippen LogP contribution in [-0.2, 0) is 0 Å². The number of hydrogen-bond acceptors (Lipinski definition) is 0. The summed E-state index contributed by atoms with van der Waals surface area (Å²) in [5, 5.41) is 0. The van der Waals surface area contributed by atoms with Gasteiger partial charge in [0.05, 0.1) is 0 Å². The van der Waals surface area contributed by atoms with Crippen LogP contribution in [0.25, 0.3) is 0 Å². The molecule has 0 aliphatic rings. The van der Waals surface area contributed by atoms with Gasteiger partial charge >= 0.3 is 0 Å². The van der Waals surface area contributed by atoms with Crippen LogP contribution in [0.3, 0.4) is 0 Å². The fraction of sp³-hybridized carbons (Fsp3) is 0.333. The van der Waals surface area contributed by atoms with Crippen LogP contribution in [0.5, 0.6) is 0 Å². The Labute approximate surface area is 55.9 Å². The van der Waals surface area contributed by atoms with Crippen LogP contribution in [0.1, 0.15) is 0 Å². The van der Waals surface area contributed by atoms with Gasteiger partial charge in [-0.3, -0.25) is 0 Å². The zero-order chi connectivity index (χ0) is 5.91. The first-order valence-corrected chi connectivity index (χ1v) is 2.60. The molecule has 0 N–H and O–H groups in total. The van der Waals surface area contributed by atoms with Gasteiger partial charge in [-0.1, -0.05) is 34.8 Å². The summed E-state index contributed by atoms with van der Waals surface area (Å²) in [5.74, 6) is 0. The molecule has 0 spiro atoms. The molecule has 0 fully saturated rings. The predicted octanol–water partition coefficient (Wildman–Crippen LogP) is 2.84. The Kier molecular flexibility index (Phi) is 2.96. The van der Waals surface area contributed by atoms with E-state index in [4.69, 9.17) is 34.8 Å². The van der Waals surface area contributed by atoms with Crippen molar-refractivity contribution in [3.63, 3.8) is 0 Å². The smallest absolute Gasteiger partial charge is 0.203 e. The molecular formula is C3H2Cl3F. The molecule has 0 nitrogen and oxygen atoms in total. The van der Waals surface area contributed by atoms with E-state index in [1.165, 1.54) is 0 Å². The van der Waals surface area contributed by atoms with Crippen molar-refractivity contribution in [2.75, 3.05) is 0 Å². The molecule has 0 rings (SSSR count). The molecule has 0 aromatic heterocycles. The molecule has 0 aromatic rings. The standard InChI is InChI=1S/C3H2Cl3F/c4-2-1-3(5,6)7/h1-2H/b2-1-. The molecule has 0 bridgehead atoms. The molecule has 0 saturated carbocycles. The highest BCUT2D eigenvalue weighted by Gasteiger charge is 2.15. The fourth-order valence-electron chi connectivity index (χ4n) is 0.0714. The number of rotatable bonds is 1. The van der Waals surface area contributed by atoms with Crippen LogP contribution in [0.4, 0.5) is 4.39 Å². The molecule has 0 aliphatic heterocycles. The van der Waals surface area contributed by atoms with E-state index >= 15 is 0 Å². The number of halogens is 4. The lowest BCUT2D eigenvalue weighted by molar-refractivity contribution is 0.463. The van der Waals surface area contributed by atoms with E-state index in [0.29, 0.717) is 0 Å². The molecule has 42 valence electrons. The first-order chi connectivity index (χ1) is 3.06. The largest absolute Gasteiger partial charge is 0.277 e. The molecule has 0 unspecified atom stereocenters. The molecule has 0 radical (unpaired) electrons. The van der Waals surface area contributed by atoms with Crippen molar-refractivity contribution in [1.82, 2.24) is 0 Å². The molecule has 0 amide bonds. The maximum absolute atomic E-state index is 11.7. The molecule has 0 heterocycles. The van der Waals surface area contributed by atoms with Crippen molar-refractivity contribution in [2.24, 2.45) is 0 Å². The normalized spacial score (nSPS) is 13.1. The van der Waals surface area contributed by atoms with Crippen LogP contribution in [0.15, 0.2) is 11.6 Å². The van der Waals surface area contributed by atoms with Crippen molar-refractivity contribution >= 4 is 34.8 Å². The second-order valence-corrected chi connectivity index (χ2v) is 2.38. The van der Waals surface area contributed by atoms with Crippen molar-refractivity contribution in [3.8, 4) is 0 Å². The van der Waals surface area contributed by atoms with Crippen LogP contribution in [0.2, 0.25) is 0 Å². The molecule has 0 aliphatic carbocycles. The Hall–Kier alpha value is 0.540. The SMILES string of the molecule is FC(Cl)(Cl)/C=C\Cl. The summed E-state index contributed by atoms with van der Waals surface area (Å²) in [5.41, 5.74) is 0.917. The molecule has 0 saturated heterocycles. The van der Waals surface area contributed by atoms with E-state index in [-0.39, 0.29) is 0 Å². The lowest BCUT2D eigenvalue weighted by atomic mass is 10.7. The van der Waals surface area contributed by atoms with E-state index in [2.05, 4.69) is 0 Å². The minimum Gasteiger partial charge on any atom is -0.203 e. The Balaban J connectivity index is 3.56. The van der Waals surface area contributed by atoms with Crippen molar-refractivity contribution in [1.29, 1.82) is 0 Å². The van der Waals surface area contributed by atoms with E-state index in [1.54, 1.807) is 0 Å². The van der Waals surface area contributed by atoms with Crippen molar-refractivity contribution in [3.05, 3.63) is 11.6 Å². The number of alkyl halides is 3. The Morgan fingerprint density at radius 1 is 1.43 bits per heavy atom. The fourth-order valence-corrected chi connectivity index (χ4v) is 0.500. The molecule has 0 atom stereocenters. The number of allylic oxidation sites excluding steroid dienone is 1. The van der Waals surface area contributed by atoms with Crippen molar-refractivity contribution < 1.29 is 4.39 Å². The highest BCUT2D eigenvalue weighted by Crippen LogP contribution is 2.23. The average Bonchev–Trinajstić information content (AvgIpc) is 1.30. The minimum absolute atomic E-state index is 0.817. The summed E-state index contributed by atoms with van der Waals surface area (Å²) in [6, 6.07) is 0. The highest BCUT2D eigenvalue weighted by atomic mass is 35.5. The second-order valence-electron chi connectivity index (χ2n) is 0.834. The summed E-state index contributed by atoms with van der Waals surface area (Å²) in [6.45, 7) is 0. The van der Waals surface area contributed by atoms with Gasteiger partial charge in [0.2, 0.25) is 0 Å². The van der Waals surface area contributed by atoms with Gasteiger partial charge in [-0.25, -0.2) is 4.39 Å². The summed E-state index contributed by atoms with van der Waals surface area (Å²) >= 11 is 14.4. The maximum atomic E-state index is 11.7. The van der Waals surface area contributed by atoms with Gasteiger partial charge in [0.1, 0.15) is 0 Å². The first-order valence-electron chi connectivity index (χ1n) is 1.41. The van der Waals surface area contributed by atoms with Gasteiger partial charge in [-0.05, 0) is 6.08 Å². The third kappa shape index (κ3) is 6.54. The van der Waals surface area contributed by atoms with Crippen LogP contribution >= 0.6 is 34.8 Å². The topological polar surface area (TPSA) is 0 Å². The predicted molar refractivity (Wildman–Crippen MR) is 30.5 cm³/mol. The van der Waals surface area contributed by atoms with E-state index in [9.17, 15) is 4.39 Å². The van der Waals surface area contributed by atoms with Gasteiger partial charge in [0, 0.05) is 5.54 Å². The molecule has 4 heteroatoms. The summed E-state index contributed by atoms with van der Waals surface area (Å²) in [7, 11) is 0. The third-order valence-corrected chi connectivity index (χ3v) is 0.630.